The van der Waals surface area contributed by atoms with Crippen LogP contribution >= 0.6 is 11.6 Å². The van der Waals surface area contributed by atoms with Gasteiger partial charge in [0.15, 0.2) is 5.82 Å². The molecule has 1 amide bonds. The van der Waals surface area contributed by atoms with Gasteiger partial charge in [-0.25, -0.2) is 9.18 Å². The number of carboxylic acids is 1. The van der Waals surface area contributed by atoms with Crippen LogP contribution in [0.25, 0.3) is 22.0 Å². The number of halogens is 2. The van der Waals surface area contributed by atoms with E-state index in [2.05, 4.69) is 15.6 Å². The second kappa shape index (κ2) is 6.03. The maximum Gasteiger partial charge on any atom is 0.352 e. The lowest BCUT2D eigenvalue weighted by Crippen LogP contribution is -2.24. The van der Waals surface area contributed by atoms with Gasteiger partial charge in [-0.2, -0.15) is 0 Å². The van der Waals surface area contributed by atoms with Crippen molar-refractivity contribution in [3.8, 4) is 11.1 Å². The van der Waals surface area contributed by atoms with Crippen LogP contribution in [0.4, 0.5) is 10.1 Å². The number of H-pyrrole nitrogens is 1. The van der Waals surface area contributed by atoms with Gasteiger partial charge in [-0.05, 0) is 29.8 Å². The van der Waals surface area contributed by atoms with Crippen molar-refractivity contribution < 1.29 is 19.1 Å². The molecule has 0 fully saturated rings. The van der Waals surface area contributed by atoms with Gasteiger partial charge in [-0.15, -0.1) is 0 Å². The fourth-order valence-corrected chi connectivity index (χ4v) is 3.33. The first-order chi connectivity index (χ1) is 12.5. The number of hydrogen-bond donors (Lipinski definition) is 4. The Bertz CT molecular complexity index is 1080. The molecule has 1 aromatic heterocycles. The molecule has 0 radical (unpaired) electrons. The number of fused-ring (bicyclic) bond motifs is 2. The second-order valence-electron chi connectivity index (χ2n) is 5.94. The van der Waals surface area contributed by atoms with E-state index in [4.69, 9.17) is 16.7 Å². The Morgan fingerprint density at radius 1 is 1.12 bits per heavy atom. The summed E-state index contributed by atoms with van der Waals surface area (Å²) < 4.78 is 14.7. The average Bonchev–Trinajstić information content (AvgIpc) is 2.97. The van der Waals surface area contributed by atoms with Gasteiger partial charge in [0.2, 0.25) is 0 Å². The topological polar surface area (TPSA) is 94.2 Å². The van der Waals surface area contributed by atoms with E-state index in [0.29, 0.717) is 41.0 Å². The fraction of sp³-hybridized carbons (Fsp3) is 0.111. The van der Waals surface area contributed by atoms with Crippen molar-refractivity contribution in [1.29, 1.82) is 0 Å². The van der Waals surface area contributed by atoms with Crippen LogP contribution in [0.2, 0.25) is 5.02 Å². The van der Waals surface area contributed by atoms with Crippen LogP contribution in [0, 0.1) is 5.82 Å². The first-order valence-corrected chi connectivity index (χ1v) is 8.24. The van der Waals surface area contributed by atoms with Crippen LogP contribution in [0.3, 0.4) is 0 Å². The molecule has 3 aromatic rings. The zero-order valence-electron chi connectivity index (χ0n) is 13.3. The molecule has 1 aliphatic heterocycles. The smallest absolute Gasteiger partial charge is 0.352 e. The highest BCUT2D eigenvalue weighted by atomic mass is 35.5. The van der Waals surface area contributed by atoms with Crippen LogP contribution in [-0.4, -0.2) is 35.1 Å². The van der Waals surface area contributed by atoms with Gasteiger partial charge in [0.25, 0.3) is 5.91 Å². The Labute approximate surface area is 152 Å². The highest BCUT2D eigenvalue weighted by molar-refractivity contribution is 6.34. The largest absolute Gasteiger partial charge is 0.477 e. The summed E-state index contributed by atoms with van der Waals surface area (Å²) in [4.78, 5) is 25.8. The Kier molecular flexibility index (Phi) is 3.81. The number of anilines is 1. The summed E-state index contributed by atoms with van der Waals surface area (Å²) in [6.07, 6.45) is 0. The zero-order chi connectivity index (χ0) is 18.4. The third-order valence-corrected chi connectivity index (χ3v) is 4.70. The van der Waals surface area contributed by atoms with E-state index < -0.39 is 11.8 Å². The summed E-state index contributed by atoms with van der Waals surface area (Å²) in [5.41, 5.74) is 2.36. The molecule has 0 spiro atoms. The number of rotatable bonds is 2. The second-order valence-corrected chi connectivity index (χ2v) is 6.32. The quantitative estimate of drug-likeness (QED) is 0.553. The molecule has 6 nitrogen and oxygen atoms in total. The number of aromatic nitrogens is 1. The minimum atomic E-state index is -1.18. The Morgan fingerprint density at radius 3 is 2.65 bits per heavy atom. The van der Waals surface area contributed by atoms with E-state index in [1.165, 1.54) is 6.07 Å². The number of nitrogens with one attached hydrogen (secondary N) is 3. The monoisotopic (exact) mass is 373 g/mol. The maximum absolute atomic E-state index is 14.7. The SMILES string of the molecule is O=C(O)c1cc2c(F)c(Cl)c(-c3ccc4c(c3)NCCNC4=O)cc2[nH]1. The first-order valence-electron chi connectivity index (χ1n) is 7.86. The molecule has 26 heavy (non-hydrogen) atoms. The number of benzene rings is 2. The minimum Gasteiger partial charge on any atom is -0.477 e. The molecule has 0 atom stereocenters. The van der Waals surface area contributed by atoms with Crippen LogP contribution < -0.4 is 10.6 Å². The van der Waals surface area contributed by atoms with Gasteiger partial charge in [0.1, 0.15) is 5.69 Å². The number of amides is 1. The molecule has 0 bridgehead atoms. The molecule has 2 heterocycles. The molecule has 2 aromatic carbocycles. The third-order valence-electron chi connectivity index (χ3n) is 4.33. The lowest BCUT2D eigenvalue weighted by molar-refractivity contribution is 0.0691. The normalized spacial score (nSPS) is 13.7. The molecule has 0 unspecified atom stereocenters. The maximum atomic E-state index is 14.7. The van der Waals surface area contributed by atoms with E-state index in [-0.39, 0.29) is 22.0 Å². The number of aromatic carboxylic acids is 1. The fourth-order valence-electron chi connectivity index (χ4n) is 3.06. The zero-order valence-corrected chi connectivity index (χ0v) is 14.1. The summed E-state index contributed by atoms with van der Waals surface area (Å²) in [5, 5.41) is 15.0. The summed E-state index contributed by atoms with van der Waals surface area (Å²) in [6.45, 7) is 1.08. The van der Waals surface area contributed by atoms with Crippen molar-refractivity contribution in [2.75, 3.05) is 18.4 Å². The van der Waals surface area contributed by atoms with Crippen molar-refractivity contribution in [3.05, 3.63) is 52.4 Å². The molecule has 1 aliphatic rings. The van der Waals surface area contributed by atoms with Crippen molar-refractivity contribution in [2.45, 2.75) is 0 Å². The van der Waals surface area contributed by atoms with E-state index in [0.717, 1.165) is 0 Å². The van der Waals surface area contributed by atoms with Gasteiger partial charge in [0.05, 0.1) is 10.6 Å². The number of carboxylic acid groups (broad SMARTS) is 1. The van der Waals surface area contributed by atoms with Crippen molar-refractivity contribution in [1.82, 2.24) is 10.3 Å². The summed E-state index contributed by atoms with van der Waals surface area (Å²) in [5.74, 6) is -2.05. The Hall–Kier alpha value is -3.06. The Morgan fingerprint density at radius 2 is 1.88 bits per heavy atom. The average molecular weight is 374 g/mol. The van der Waals surface area contributed by atoms with Gasteiger partial charge >= 0.3 is 5.97 Å². The summed E-state index contributed by atoms with van der Waals surface area (Å²) in [6, 6.07) is 7.87. The third kappa shape index (κ3) is 2.57. The van der Waals surface area contributed by atoms with Crippen LogP contribution in [-0.2, 0) is 0 Å². The summed E-state index contributed by atoms with van der Waals surface area (Å²) >= 11 is 6.20. The Balaban J connectivity index is 1.89. The lowest BCUT2D eigenvalue weighted by Gasteiger charge is -2.11. The molecular weight excluding hydrogens is 361 g/mol. The predicted octanol–water partition coefficient (Wildman–Crippen LogP) is 3.48. The first kappa shape index (κ1) is 16.4. The summed E-state index contributed by atoms with van der Waals surface area (Å²) in [7, 11) is 0. The van der Waals surface area contributed by atoms with Gasteiger partial charge < -0.3 is 20.7 Å². The highest BCUT2D eigenvalue weighted by Gasteiger charge is 2.20. The van der Waals surface area contributed by atoms with Gasteiger partial charge in [0, 0.05) is 35.2 Å². The molecular formula is C18H13ClFN3O3. The molecule has 4 rings (SSSR count). The van der Waals surface area contributed by atoms with E-state index in [1.54, 1.807) is 24.3 Å². The minimum absolute atomic E-state index is 0.105. The number of aromatic amines is 1. The van der Waals surface area contributed by atoms with Crippen LogP contribution in [0.1, 0.15) is 20.8 Å². The molecule has 8 heteroatoms. The highest BCUT2D eigenvalue weighted by Crippen LogP contribution is 2.37. The van der Waals surface area contributed by atoms with Gasteiger partial charge in [-0.1, -0.05) is 17.7 Å². The van der Waals surface area contributed by atoms with E-state index >= 15 is 0 Å². The predicted molar refractivity (Wildman–Crippen MR) is 96.5 cm³/mol. The van der Waals surface area contributed by atoms with Crippen LogP contribution in [0.15, 0.2) is 30.3 Å². The van der Waals surface area contributed by atoms with Crippen molar-refractivity contribution in [3.63, 3.8) is 0 Å². The van der Waals surface area contributed by atoms with Crippen molar-refractivity contribution in [2.24, 2.45) is 0 Å². The van der Waals surface area contributed by atoms with Crippen LogP contribution in [0.5, 0.6) is 0 Å². The lowest BCUT2D eigenvalue weighted by atomic mass is 10.0. The molecule has 0 saturated carbocycles. The molecule has 0 saturated heterocycles. The number of carbonyl (C=O) groups is 2. The molecule has 4 N–H and O–H groups in total. The van der Waals surface area contributed by atoms with Crippen molar-refractivity contribution >= 4 is 40.1 Å². The molecule has 132 valence electrons. The van der Waals surface area contributed by atoms with E-state index in [1.807, 2.05) is 0 Å². The number of hydrogen-bond acceptors (Lipinski definition) is 3. The number of carbonyl (C=O) groups excluding carboxylic acids is 1. The standard InChI is InChI=1S/C18H13ClFN3O3/c19-15-10(6-13-11(16(15)20)7-14(23-13)18(25)26)8-1-2-9-12(5-8)21-3-4-22-17(9)24/h1-2,5-7,21,23H,3-4H2,(H,22,24)(H,25,26). The van der Waals surface area contributed by atoms with E-state index in [9.17, 15) is 14.0 Å². The van der Waals surface area contributed by atoms with Gasteiger partial charge in [-0.3, -0.25) is 4.79 Å². The molecule has 0 aliphatic carbocycles.